The fourth-order valence-electron chi connectivity index (χ4n) is 3.29. The lowest BCUT2D eigenvalue weighted by atomic mass is 10.2. The van der Waals surface area contributed by atoms with Gasteiger partial charge in [0.25, 0.3) is 0 Å². The van der Waals surface area contributed by atoms with E-state index in [0.29, 0.717) is 18.0 Å². The number of aromatic nitrogens is 1. The molecule has 3 rings (SSSR count). The normalized spacial score (nSPS) is 16.7. The van der Waals surface area contributed by atoms with Crippen LogP contribution >= 0.6 is 0 Å². The van der Waals surface area contributed by atoms with Crippen LogP contribution in [0.15, 0.2) is 35.2 Å². The highest BCUT2D eigenvalue weighted by Gasteiger charge is 2.26. The summed E-state index contributed by atoms with van der Waals surface area (Å²) in [4.78, 5) is 0.396. The Kier molecular flexibility index (Phi) is 4.34. The summed E-state index contributed by atoms with van der Waals surface area (Å²) in [6, 6.07) is 9.57. The highest BCUT2D eigenvalue weighted by molar-refractivity contribution is 7.89. The number of hydrogen-bond acceptors (Lipinski definition) is 2. The number of rotatable bonds is 3. The third-order valence-electron chi connectivity index (χ3n) is 4.65. The van der Waals surface area contributed by atoms with Gasteiger partial charge in [0.15, 0.2) is 0 Å². The lowest BCUT2D eigenvalue weighted by Crippen LogP contribution is -2.35. The number of benzene rings is 1. The van der Waals surface area contributed by atoms with E-state index in [9.17, 15) is 8.42 Å². The highest BCUT2D eigenvalue weighted by atomic mass is 32.2. The quantitative estimate of drug-likeness (QED) is 0.862. The topological polar surface area (TPSA) is 42.3 Å². The van der Waals surface area contributed by atoms with Crippen LogP contribution in [-0.2, 0) is 10.0 Å². The molecule has 1 aromatic carbocycles. The molecule has 0 amide bonds. The lowest BCUT2D eigenvalue weighted by molar-refractivity contribution is 0.346. The maximum absolute atomic E-state index is 12.9. The first-order chi connectivity index (χ1) is 10.9. The molecule has 124 valence electrons. The summed E-state index contributed by atoms with van der Waals surface area (Å²) >= 11 is 0. The zero-order valence-electron chi connectivity index (χ0n) is 14.0. The van der Waals surface area contributed by atoms with Gasteiger partial charge in [-0.15, -0.1) is 0 Å². The summed E-state index contributed by atoms with van der Waals surface area (Å²) in [5.41, 5.74) is 4.24. The fraction of sp³-hybridized carbons (Fsp3) is 0.444. The van der Waals surface area contributed by atoms with Gasteiger partial charge < -0.3 is 4.57 Å². The van der Waals surface area contributed by atoms with Gasteiger partial charge in [-0.25, -0.2) is 8.42 Å². The van der Waals surface area contributed by atoms with Crippen LogP contribution in [0.4, 0.5) is 0 Å². The summed E-state index contributed by atoms with van der Waals surface area (Å²) in [5, 5.41) is 0. The van der Waals surface area contributed by atoms with Crippen molar-refractivity contribution >= 4 is 10.0 Å². The van der Waals surface area contributed by atoms with Crippen LogP contribution in [-0.4, -0.2) is 30.4 Å². The Balaban J connectivity index is 2.07. The molecule has 5 heteroatoms. The van der Waals surface area contributed by atoms with Gasteiger partial charge in [0.2, 0.25) is 10.0 Å². The SMILES string of the molecule is Cc1ccc(S(=O)(=O)N2CCCCC2)cc1-n1c(C)ccc1C. The highest BCUT2D eigenvalue weighted by Crippen LogP contribution is 2.26. The molecule has 2 aromatic rings. The third kappa shape index (κ3) is 2.95. The average Bonchev–Trinajstić information content (AvgIpc) is 2.87. The molecule has 0 saturated carbocycles. The van der Waals surface area contributed by atoms with E-state index in [1.54, 1.807) is 10.4 Å². The Hall–Kier alpha value is -1.59. The number of piperidine rings is 1. The summed E-state index contributed by atoms with van der Waals surface area (Å²) < 4.78 is 29.6. The monoisotopic (exact) mass is 332 g/mol. The smallest absolute Gasteiger partial charge is 0.243 e. The summed E-state index contributed by atoms with van der Waals surface area (Å²) in [6.07, 6.45) is 3.02. The van der Waals surface area contributed by atoms with Crippen LogP contribution in [0.3, 0.4) is 0 Å². The van der Waals surface area contributed by atoms with Gasteiger partial charge in [-0.1, -0.05) is 12.5 Å². The van der Waals surface area contributed by atoms with Crippen molar-refractivity contribution in [1.29, 1.82) is 0 Å². The fourth-order valence-corrected chi connectivity index (χ4v) is 4.83. The molecular weight excluding hydrogens is 308 g/mol. The van der Waals surface area contributed by atoms with Crippen LogP contribution in [0.1, 0.15) is 36.2 Å². The minimum atomic E-state index is -3.40. The molecule has 0 aliphatic carbocycles. The molecule has 1 saturated heterocycles. The lowest BCUT2D eigenvalue weighted by Gasteiger charge is -2.26. The first kappa shape index (κ1) is 16.3. The van der Waals surface area contributed by atoms with Gasteiger partial charge in [0.05, 0.1) is 4.90 Å². The van der Waals surface area contributed by atoms with E-state index >= 15 is 0 Å². The zero-order valence-corrected chi connectivity index (χ0v) is 14.9. The Labute approximate surface area is 138 Å². The van der Waals surface area contributed by atoms with E-state index in [-0.39, 0.29) is 0 Å². The molecule has 0 unspecified atom stereocenters. The number of sulfonamides is 1. The Morgan fingerprint density at radius 1 is 0.870 bits per heavy atom. The van der Waals surface area contributed by atoms with E-state index in [1.165, 1.54) is 0 Å². The second-order valence-corrected chi connectivity index (χ2v) is 8.30. The van der Waals surface area contributed by atoms with Crippen LogP contribution in [0.5, 0.6) is 0 Å². The van der Waals surface area contributed by atoms with E-state index < -0.39 is 10.0 Å². The molecule has 0 spiro atoms. The largest absolute Gasteiger partial charge is 0.318 e. The number of nitrogens with zero attached hydrogens (tertiary/aromatic N) is 2. The predicted octanol–water partition coefficient (Wildman–Crippen LogP) is 3.58. The van der Waals surface area contributed by atoms with Crippen molar-refractivity contribution in [2.24, 2.45) is 0 Å². The second-order valence-electron chi connectivity index (χ2n) is 6.36. The molecule has 1 aromatic heterocycles. The first-order valence-electron chi connectivity index (χ1n) is 8.17. The van der Waals surface area contributed by atoms with Crippen molar-refractivity contribution in [2.45, 2.75) is 44.9 Å². The van der Waals surface area contributed by atoms with Gasteiger partial charge in [-0.3, -0.25) is 0 Å². The molecular formula is C18H24N2O2S. The molecule has 0 atom stereocenters. The maximum atomic E-state index is 12.9. The standard InChI is InChI=1S/C18H24N2O2S/c1-14-7-10-17(23(21,22)19-11-5-4-6-12-19)13-18(14)20-15(2)8-9-16(20)3/h7-10,13H,4-6,11-12H2,1-3H3. The van der Waals surface area contributed by atoms with E-state index in [4.69, 9.17) is 0 Å². The average molecular weight is 332 g/mol. The molecule has 1 fully saturated rings. The maximum Gasteiger partial charge on any atom is 0.243 e. The van der Waals surface area contributed by atoms with E-state index in [2.05, 4.69) is 16.7 Å². The third-order valence-corrected chi connectivity index (χ3v) is 6.54. The van der Waals surface area contributed by atoms with Crippen molar-refractivity contribution in [3.05, 3.63) is 47.3 Å². The van der Waals surface area contributed by atoms with Crippen LogP contribution in [0.2, 0.25) is 0 Å². The van der Waals surface area contributed by atoms with Crippen LogP contribution in [0, 0.1) is 20.8 Å². The molecule has 4 nitrogen and oxygen atoms in total. The van der Waals surface area contributed by atoms with Gasteiger partial charge >= 0.3 is 0 Å². The minimum absolute atomic E-state index is 0.396. The van der Waals surface area contributed by atoms with Crippen molar-refractivity contribution in [2.75, 3.05) is 13.1 Å². The zero-order chi connectivity index (χ0) is 16.6. The molecule has 1 aliphatic rings. The Morgan fingerprint density at radius 2 is 1.48 bits per heavy atom. The predicted molar refractivity (Wildman–Crippen MR) is 92.6 cm³/mol. The van der Waals surface area contributed by atoms with Crippen LogP contribution in [0.25, 0.3) is 5.69 Å². The van der Waals surface area contributed by atoms with Crippen molar-refractivity contribution in [1.82, 2.24) is 8.87 Å². The van der Waals surface area contributed by atoms with Gasteiger partial charge in [-0.2, -0.15) is 4.31 Å². The van der Waals surface area contributed by atoms with Crippen molar-refractivity contribution in [3.8, 4) is 5.69 Å². The minimum Gasteiger partial charge on any atom is -0.318 e. The Morgan fingerprint density at radius 3 is 2.09 bits per heavy atom. The summed E-state index contributed by atoms with van der Waals surface area (Å²) in [6.45, 7) is 7.36. The van der Waals surface area contributed by atoms with Gasteiger partial charge in [-0.05, 0) is 63.4 Å². The van der Waals surface area contributed by atoms with Crippen molar-refractivity contribution in [3.63, 3.8) is 0 Å². The first-order valence-corrected chi connectivity index (χ1v) is 9.61. The molecule has 2 heterocycles. The number of aryl methyl sites for hydroxylation is 3. The molecule has 0 bridgehead atoms. The van der Waals surface area contributed by atoms with E-state index in [0.717, 1.165) is 41.9 Å². The van der Waals surface area contributed by atoms with Crippen molar-refractivity contribution < 1.29 is 8.42 Å². The van der Waals surface area contributed by atoms with E-state index in [1.807, 2.05) is 32.9 Å². The molecule has 0 N–H and O–H groups in total. The molecule has 1 aliphatic heterocycles. The summed E-state index contributed by atoms with van der Waals surface area (Å²) in [7, 11) is -3.40. The second kappa shape index (κ2) is 6.13. The molecule has 0 radical (unpaired) electrons. The molecule has 23 heavy (non-hydrogen) atoms. The van der Waals surface area contributed by atoms with Gasteiger partial charge in [0.1, 0.15) is 0 Å². The van der Waals surface area contributed by atoms with Crippen LogP contribution < -0.4 is 0 Å². The Bertz CT molecular complexity index is 796. The summed E-state index contributed by atoms with van der Waals surface area (Å²) in [5.74, 6) is 0. The number of hydrogen-bond donors (Lipinski definition) is 0. The van der Waals surface area contributed by atoms with Gasteiger partial charge in [0, 0.05) is 30.2 Å².